The largest absolute Gasteiger partial charge is 0.355 e. The predicted octanol–water partition coefficient (Wildman–Crippen LogP) is 3.85. The van der Waals surface area contributed by atoms with Crippen molar-refractivity contribution in [1.82, 2.24) is 20.7 Å². The number of benzene rings is 2. The highest BCUT2D eigenvalue weighted by Gasteiger charge is 2.16. The van der Waals surface area contributed by atoms with Gasteiger partial charge in [0.15, 0.2) is 15.8 Å². The third-order valence-electron chi connectivity index (χ3n) is 4.09. The van der Waals surface area contributed by atoms with Crippen LogP contribution in [0, 0.1) is 0 Å². The zero-order valence-corrected chi connectivity index (χ0v) is 17.8. The van der Waals surface area contributed by atoms with Crippen molar-refractivity contribution < 1.29 is 14.1 Å². The lowest BCUT2D eigenvalue weighted by Crippen LogP contribution is -2.24. The molecule has 2 aromatic heterocycles. The fourth-order valence-corrected chi connectivity index (χ4v) is 4.15. The van der Waals surface area contributed by atoms with E-state index in [9.17, 15) is 9.59 Å². The normalized spacial score (nSPS) is 10.6. The van der Waals surface area contributed by atoms with Crippen LogP contribution >= 0.6 is 23.1 Å². The van der Waals surface area contributed by atoms with Crippen LogP contribution in [0.1, 0.15) is 16.1 Å². The summed E-state index contributed by atoms with van der Waals surface area (Å²) in [5, 5.41) is 17.6. The number of nitrogens with one attached hydrogen (secondary N) is 2. The van der Waals surface area contributed by atoms with E-state index in [1.165, 1.54) is 23.1 Å². The Morgan fingerprint density at radius 3 is 2.52 bits per heavy atom. The first-order valence-corrected chi connectivity index (χ1v) is 11.1. The molecule has 0 unspecified atom stereocenters. The van der Waals surface area contributed by atoms with Crippen LogP contribution in [0.5, 0.6) is 0 Å². The molecule has 2 heterocycles. The van der Waals surface area contributed by atoms with Crippen molar-refractivity contribution in [3.63, 3.8) is 0 Å². The van der Waals surface area contributed by atoms with Gasteiger partial charge in [-0.05, 0) is 5.56 Å². The Kier molecular flexibility index (Phi) is 6.70. The van der Waals surface area contributed by atoms with Gasteiger partial charge in [0.1, 0.15) is 0 Å². The Labute approximate surface area is 186 Å². The van der Waals surface area contributed by atoms with E-state index in [0.29, 0.717) is 21.8 Å². The topological polar surface area (TPSA) is 110 Å². The SMILES string of the molecule is O=C(CSc1nnc(NC(=O)c2cc(-c3ccccc3)on2)s1)NCc1ccccc1. The van der Waals surface area contributed by atoms with Crippen LogP contribution < -0.4 is 10.6 Å². The Morgan fingerprint density at radius 2 is 1.74 bits per heavy atom. The van der Waals surface area contributed by atoms with E-state index in [4.69, 9.17) is 4.52 Å². The van der Waals surface area contributed by atoms with Gasteiger partial charge in [0.2, 0.25) is 11.0 Å². The van der Waals surface area contributed by atoms with Crippen molar-refractivity contribution in [2.45, 2.75) is 10.9 Å². The first-order chi connectivity index (χ1) is 15.2. The summed E-state index contributed by atoms with van der Waals surface area (Å²) in [5.41, 5.74) is 2.00. The molecule has 0 aliphatic carbocycles. The average Bonchev–Trinajstić information content (AvgIpc) is 3.47. The number of carbonyl (C=O) groups excluding carboxylic acids is 2. The molecule has 0 saturated carbocycles. The summed E-state index contributed by atoms with van der Waals surface area (Å²) in [6, 6.07) is 20.6. The van der Waals surface area contributed by atoms with E-state index < -0.39 is 5.91 Å². The third-order valence-corrected chi connectivity index (χ3v) is 6.06. The first kappa shape index (κ1) is 20.8. The number of anilines is 1. The summed E-state index contributed by atoms with van der Waals surface area (Å²) in [6.07, 6.45) is 0. The number of nitrogens with zero attached hydrogens (tertiary/aromatic N) is 3. The zero-order chi connectivity index (χ0) is 21.5. The molecule has 31 heavy (non-hydrogen) atoms. The molecule has 0 saturated heterocycles. The lowest BCUT2D eigenvalue weighted by Gasteiger charge is -2.03. The summed E-state index contributed by atoms with van der Waals surface area (Å²) in [5.74, 6) is 0.157. The van der Waals surface area contributed by atoms with Crippen molar-refractivity contribution in [2.75, 3.05) is 11.1 Å². The first-order valence-electron chi connectivity index (χ1n) is 9.28. The van der Waals surface area contributed by atoms with E-state index in [2.05, 4.69) is 26.0 Å². The van der Waals surface area contributed by atoms with Gasteiger partial charge in [0.25, 0.3) is 5.91 Å². The van der Waals surface area contributed by atoms with E-state index in [1.807, 2.05) is 60.7 Å². The van der Waals surface area contributed by atoms with E-state index in [0.717, 1.165) is 11.1 Å². The fraction of sp³-hybridized carbons (Fsp3) is 0.0952. The highest BCUT2D eigenvalue weighted by molar-refractivity contribution is 8.01. The molecule has 0 fully saturated rings. The highest BCUT2D eigenvalue weighted by Crippen LogP contribution is 2.26. The van der Waals surface area contributed by atoms with Crippen LogP contribution in [-0.4, -0.2) is 32.9 Å². The minimum Gasteiger partial charge on any atom is -0.355 e. The second-order valence-corrected chi connectivity index (χ2v) is 8.52. The number of thioether (sulfide) groups is 1. The standard InChI is InChI=1S/C21H17N5O3S2/c27-18(22-12-14-7-3-1-4-8-14)13-30-21-25-24-20(31-21)23-19(28)16-11-17(29-26-16)15-9-5-2-6-10-15/h1-11H,12-13H2,(H,22,27)(H,23,24,28). The molecule has 2 amide bonds. The van der Waals surface area contributed by atoms with Crippen molar-refractivity contribution >= 4 is 40.0 Å². The Bertz CT molecular complexity index is 1160. The molecular formula is C21H17N5O3S2. The average molecular weight is 452 g/mol. The smallest absolute Gasteiger partial charge is 0.279 e. The molecule has 4 rings (SSSR count). The van der Waals surface area contributed by atoms with Crippen LogP contribution in [0.2, 0.25) is 0 Å². The van der Waals surface area contributed by atoms with Crippen molar-refractivity contribution in [3.8, 4) is 11.3 Å². The summed E-state index contributed by atoms with van der Waals surface area (Å²) in [6.45, 7) is 0.473. The lowest BCUT2D eigenvalue weighted by molar-refractivity contribution is -0.118. The third kappa shape index (κ3) is 5.77. The second kappa shape index (κ2) is 10.0. The molecule has 0 bridgehead atoms. The van der Waals surface area contributed by atoms with Crippen LogP contribution in [0.3, 0.4) is 0 Å². The summed E-state index contributed by atoms with van der Waals surface area (Å²) < 4.78 is 5.82. The van der Waals surface area contributed by atoms with E-state index in [-0.39, 0.29) is 17.4 Å². The molecule has 0 atom stereocenters. The molecule has 2 N–H and O–H groups in total. The van der Waals surface area contributed by atoms with Crippen molar-refractivity contribution in [3.05, 3.63) is 78.0 Å². The Hall–Kier alpha value is -3.50. The Morgan fingerprint density at radius 1 is 1.00 bits per heavy atom. The summed E-state index contributed by atoms with van der Waals surface area (Å²) in [7, 11) is 0. The molecule has 2 aromatic carbocycles. The van der Waals surface area contributed by atoms with Gasteiger partial charge in [-0.15, -0.1) is 10.2 Å². The number of carbonyl (C=O) groups is 2. The quantitative estimate of drug-likeness (QED) is 0.309. The zero-order valence-electron chi connectivity index (χ0n) is 16.1. The van der Waals surface area contributed by atoms with Gasteiger partial charge in [-0.2, -0.15) is 0 Å². The van der Waals surface area contributed by atoms with Gasteiger partial charge in [-0.25, -0.2) is 0 Å². The molecule has 8 nitrogen and oxygen atoms in total. The van der Waals surface area contributed by atoms with E-state index in [1.54, 1.807) is 6.07 Å². The summed E-state index contributed by atoms with van der Waals surface area (Å²) in [4.78, 5) is 24.4. The molecule has 0 aliphatic heterocycles. The van der Waals surface area contributed by atoms with Crippen LogP contribution in [-0.2, 0) is 11.3 Å². The number of hydrogen-bond donors (Lipinski definition) is 2. The number of amides is 2. The number of aromatic nitrogens is 3. The minimum atomic E-state index is -0.445. The van der Waals surface area contributed by atoms with Crippen LogP contribution in [0.25, 0.3) is 11.3 Å². The van der Waals surface area contributed by atoms with Gasteiger partial charge >= 0.3 is 0 Å². The molecule has 156 valence electrons. The molecule has 0 aliphatic rings. The van der Waals surface area contributed by atoms with Gasteiger partial charge in [-0.3, -0.25) is 14.9 Å². The Balaban J connectivity index is 1.26. The van der Waals surface area contributed by atoms with E-state index >= 15 is 0 Å². The molecular weight excluding hydrogens is 434 g/mol. The minimum absolute atomic E-state index is 0.106. The van der Waals surface area contributed by atoms with Crippen molar-refractivity contribution in [1.29, 1.82) is 0 Å². The monoisotopic (exact) mass is 451 g/mol. The number of hydrogen-bond acceptors (Lipinski definition) is 8. The van der Waals surface area contributed by atoms with Crippen LogP contribution in [0.15, 0.2) is 75.6 Å². The molecule has 0 spiro atoms. The maximum Gasteiger partial charge on any atom is 0.279 e. The molecule has 10 heteroatoms. The van der Waals surface area contributed by atoms with Crippen LogP contribution in [0.4, 0.5) is 5.13 Å². The fourth-order valence-electron chi connectivity index (χ4n) is 2.58. The van der Waals surface area contributed by atoms with Gasteiger partial charge < -0.3 is 9.84 Å². The maximum atomic E-state index is 12.4. The maximum absolute atomic E-state index is 12.4. The lowest BCUT2D eigenvalue weighted by atomic mass is 10.1. The van der Waals surface area contributed by atoms with Gasteiger partial charge in [0.05, 0.1) is 5.75 Å². The van der Waals surface area contributed by atoms with Crippen molar-refractivity contribution in [2.24, 2.45) is 0 Å². The second-order valence-electron chi connectivity index (χ2n) is 6.32. The van der Waals surface area contributed by atoms with Gasteiger partial charge in [-0.1, -0.05) is 88.9 Å². The number of rotatable bonds is 8. The predicted molar refractivity (Wildman–Crippen MR) is 119 cm³/mol. The highest BCUT2D eigenvalue weighted by atomic mass is 32.2. The molecule has 0 radical (unpaired) electrons. The van der Waals surface area contributed by atoms with Gasteiger partial charge in [0, 0.05) is 18.2 Å². The summed E-state index contributed by atoms with van der Waals surface area (Å²) >= 11 is 2.44. The molecule has 4 aromatic rings.